The number of rotatable bonds is 0. The predicted octanol–water partition coefficient (Wildman–Crippen LogP) is 1.02. The van der Waals surface area contributed by atoms with Crippen LogP contribution in [0, 0.1) is 0 Å². The molecule has 0 aliphatic heterocycles. The van der Waals surface area contributed by atoms with Gasteiger partial charge in [-0.05, 0) is 12.1 Å². The summed E-state index contributed by atoms with van der Waals surface area (Å²) < 4.78 is 0. The van der Waals surface area contributed by atoms with E-state index in [1.807, 2.05) is 56.4 Å². The van der Waals surface area contributed by atoms with Crippen LogP contribution in [0.5, 0.6) is 0 Å². The Kier molecular flexibility index (Phi) is 6.80. The zero-order valence-corrected chi connectivity index (χ0v) is 9.86. The smallest absolute Gasteiger partial charge is 0.192 e. The molecule has 84 valence electrons. The normalized spacial score (nSPS) is 10.0. The van der Waals surface area contributed by atoms with Crippen molar-refractivity contribution in [2.75, 3.05) is 33.9 Å². The molecule has 4 heteroatoms. The monoisotopic (exact) mass is 208 g/mol. The minimum Gasteiger partial charge on any atom is -0.399 e. The first-order chi connectivity index (χ1) is 7.11. The Balaban J connectivity index is 0.000000262. The van der Waals surface area contributed by atoms with Crippen LogP contribution in [0.25, 0.3) is 0 Å². The van der Waals surface area contributed by atoms with Gasteiger partial charge in [-0.2, -0.15) is 0 Å². The van der Waals surface area contributed by atoms with Crippen molar-refractivity contribution < 1.29 is 0 Å². The number of nitrogen functional groups attached to an aromatic ring is 1. The van der Waals surface area contributed by atoms with Crippen molar-refractivity contribution in [3.8, 4) is 0 Å². The molecule has 0 atom stereocenters. The summed E-state index contributed by atoms with van der Waals surface area (Å²) in [5, 5.41) is 2.93. The maximum absolute atomic E-state index is 5.36. The highest BCUT2D eigenvalue weighted by Gasteiger charge is 1.91. The summed E-state index contributed by atoms with van der Waals surface area (Å²) in [7, 11) is 7.49. The fraction of sp³-hybridized carbons (Fsp3) is 0.364. The predicted molar refractivity (Wildman–Crippen MR) is 67.0 cm³/mol. The average Bonchev–Trinajstić information content (AvgIpc) is 2.21. The number of nitrogens with zero attached hydrogens (tertiary/aromatic N) is 2. The van der Waals surface area contributed by atoms with Crippen LogP contribution in [-0.4, -0.2) is 39.1 Å². The molecule has 4 nitrogen and oxygen atoms in total. The number of anilines is 1. The van der Waals surface area contributed by atoms with Gasteiger partial charge in [-0.15, -0.1) is 0 Å². The molecule has 0 fully saturated rings. The molecule has 0 amide bonds. The van der Waals surface area contributed by atoms with E-state index in [9.17, 15) is 0 Å². The van der Waals surface area contributed by atoms with Gasteiger partial charge in [-0.25, -0.2) is 0 Å². The Labute approximate surface area is 91.8 Å². The first-order valence-corrected chi connectivity index (χ1v) is 4.74. The van der Waals surface area contributed by atoms with Gasteiger partial charge in [0.2, 0.25) is 0 Å². The highest BCUT2D eigenvalue weighted by molar-refractivity contribution is 5.78. The Hall–Kier alpha value is -1.71. The molecule has 0 heterocycles. The molecule has 0 radical (unpaired) electrons. The van der Waals surface area contributed by atoms with Gasteiger partial charge < -0.3 is 16.0 Å². The fourth-order valence-electron chi connectivity index (χ4n) is 0.988. The van der Waals surface area contributed by atoms with E-state index in [2.05, 4.69) is 10.3 Å². The molecule has 0 unspecified atom stereocenters. The minimum absolute atomic E-state index is 0.822. The summed E-state index contributed by atoms with van der Waals surface area (Å²) >= 11 is 0. The summed E-state index contributed by atoms with van der Waals surface area (Å²) in [6.45, 7) is 0. The van der Waals surface area contributed by atoms with Crippen molar-refractivity contribution in [3.63, 3.8) is 0 Å². The zero-order valence-electron chi connectivity index (χ0n) is 9.86. The molecule has 0 aliphatic rings. The van der Waals surface area contributed by atoms with E-state index >= 15 is 0 Å². The maximum atomic E-state index is 5.36. The Morgan fingerprint density at radius 1 is 1.27 bits per heavy atom. The van der Waals surface area contributed by atoms with Crippen molar-refractivity contribution in [2.24, 2.45) is 4.99 Å². The van der Waals surface area contributed by atoms with E-state index in [1.54, 1.807) is 7.05 Å². The Morgan fingerprint density at radius 2 is 1.80 bits per heavy atom. The molecule has 1 rings (SSSR count). The second-order valence-corrected chi connectivity index (χ2v) is 3.10. The number of hydrogen-bond acceptors (Lipinski definition) is 2. The van der Waals surface area contributed by atoms with E-state index in [-0.39, 0.29) is 0 Å². The Bertz CT molecular complexity index is 280. The van der Waals surface area contributed by atoms with E-state index in [4.69, 9.17) is 5.73 Å². The number of aliphatic imine (C=N–C) groups is 1. The molecule has 1 aromatic carbocycles. The zero-order chi connectivity index (χ0) is 11.7. The lowest BCUT2D eigenvalue weighted by atomic mass is 10.3. The van der Waals surface area contributed by atoms with Crippen molar-refractivity contribution in [2.45, 2.75) is 0 Å². The van der Waals surface area contributed by atoms with Crippen LogP contribution in [0.2, 0.25) is 0 Å². The van der Waals surface area contributed by atoms with Crippen LogP contribution in [0.3, 0.4) is 0 Å². The van der Waals surface area contributed by atoms with Crippen LogP contribution in [0.1, 0.15) is 0 Å². The quantitative estimate of drug-likeness (QED) is 0.380. The van der Waals surface area contributed by atoms with Gasteiger partial charge in [0.25, 0.3) is 0 Å². The van der Waals surface area contributed by atoms with Gasteiger partial charge in [0.15, 0.2) is 5.96 Å². The molecule has 0 bridgehead atoms. The second kappa shape index (κ2) is 7.67. The molecule has 0 saturated carbocycles. The third-order valence-corrected chi connectivity index (χ3v) is 1.66. The second-order valence-electron chi connectivity index (χ2n) is 3.10. The summed E-state index contributed by atoms with van der Waals surface area (Å²) in [6, 6.07) is 9.49. The lowest BCUT2D eigenvalue weighted by Crippen LogP contribution is -2.33. The number of nitrogens with one attached hydrogen (secondary N) is 1. The van der Waals surface area contributed by atoms with Crippen LogP contribution in [-0.2, 0) is 0 Å². The van der Waals surface area contributed by atoms with Gasteiger partial charge in [-0.1, -0.05) is 18.2 Å². The third kappa shape index (κ3) is 6.37. The topological polar surface area (TPSA) is 53.7 Å². The van der Waals surface area contributed by atoms with E-state index < -0.39 is 0 Å². The number of guanidine groups is 1. The number of hydrogen-bond donors (Lipinski definition) is 2. The van der Waals surface area contributed by atoms with Crippen LogP contribution < -0.4 is 11.1 Å². The minimum atomic E-state index is 0.822. The van der Waals surface area contributed by atoms with Crippen molar-refractivity contribution in [1.29, 1.82) is 0 Å². The van der Waals surface area contributed by atoms with Gasteiger partial charge in [0, 0.05) is 33.9 Å². The largest absolute Gasteiger partial charge is 0.399 e. The molecule has 0 aromatic heterocycles. The fourth-order valence-corrected chi connectivity index (χ4v) is 0.988. The third-order valence-electron chi connectivity index (χ3n) is 1.66. The van der Waals surface area contributed by atoms with Crippen LogP contribution >= 0.6 is 0 Å². The molecule has 0 spiro atoms. The van der Waals surface area contributed by atoms with Gasteiger partial charge in [-0.3, -0.25) is 4.99 Å². The number of nitrogens with two attached hydrogens (primary N) is 1. The SMILES string of the molecule is CN=C(NC)N(C)C.Nc1ccccc1. The molecule has 0 aliphatic carbocycles. The maximum Gasteiger partial charge on any atom is 0.192 e. The number of para-hydroxylation sites is 1. The first-order valence-electron chi connectivity index (χ1n) is 4.74. The van der Waals surface area contributed by atoms with Gasteiger partial charge >= 0.3 is 0 Å². The van der Waals surface area contributed by atoms with Crippen LogP contribution in [0.15, 0.2) is 35.3 Å². The van der Waals surface area contributed by atoms with Crippen molar-refractivity contribution >= 4 is 11.6 Å². The molecule has 3 N–H and O–H groups in total. The average molecular weight is 208 g/mol. The van der Waals surface area contributed by atoms with Crippen molar-refractivity contribution in [1.82, 2.24) is 10.2 Å². The summed E-state index contributed by atoms with van der Waals surface area (Å²) in [5.41, 5.74) is 6.18. The van der Waals surface area contributed by atoms with Crippen molar-refractivity contribution in [3.05, 3.63) is 30.3 Å². The van der Waals surface area contributed by atoms with E-state index in [0.29, 0.717) is 0 Å². The molecule has 1 aromatic rings. The van der Waals surface area contributed by atoms with Gasteiger partial charge in [0.05, 0.1) is 0 Å². The lowest BCUT2D eigenvalue weighted by Gasteiger charge is -2.12. The van der Waals surface area contributed by atoms with Gasteiger partial charge in [0.1, 0.15) is 0 Å². The van der Waals surface area contributed by atoms with E-state index in [0.717, 1.165) is 11.6 Å². The van der Waals surface area contributed by atoms with Crippen LogP contribution in [0.4, 0.5) is 5.69 Å². The summed E-state index contributed by atoms with van der Waals surface area (Å²) in [4.78, 5) is 5.85. The standard InChI is InChI=1S/C6H7N.C5H13N3/c7-6-4-2-1-3-5-6;1-6-5(7-2)8(3)4/h1-5H,7H2;1-4H3,(H,6,7). The Morgan fingerprint density at radius 3 is 1.93 bits per heavy atom. The first kappa shape index (κ1) is 13.3. The molecular weight excluding hydrogens is 188 g/mol. The summed E-state index contributed by atoms with van der Waals surface area (Å²) in [5.74, 6) is 0.894. The highest BCUT2D eigenvalue weighted by atomic mass is 15.2. The molecule has 0 saturated heterocycles. The number of benzene rings is 1. The summed E-state index contributed by atoms with van der Waals surface area (Å²) in [6.07, 6.45) is 0. The van der Waals surface area contributed by atoms with E-state index in [1.165, 1.54) is 0 Å². The lowest BCUT2D eigenvalue weighted by molar-refractivity contribution is 0.596. The highest BCUT2D eigenvalue weighted by Crippen LogP contribution is 1.95. The molecule has 15 heavy (non-hydrogen) atoms. The molecular formula is C11H20N4.